The summed E-state index contributed by atoms with van der Waals surface area (Å²) in [5.41, 5.74) is -1.88. The number of amides is 2. The average molecular weight is 633 g/mol. The highest BCUT2D eigenvalue weighted by atomic mass is 16.5. The zero-order valence-corrected chi connectivity index (χ0v) is 26.7. The van der Waals surface area contributed by atoms with Crippen LogP contribution < -0.4 is 10.6 Å². The quantitative estimate of drug-likeness (QED) is 0.198. The van der Waals surface area contributed by atoms with Crippen LogP contribution in [0.25, 0.3) is 0 Å². The molecular formula is C33H48N2O10. The average Bonchev–Trinajstić information content (AvgIpc) is 3.25. The van der Waals surface area contributed by atoms with Crippen LogP contribution in [0.5, 0.6) is 0 Å². The molecular weight excluding hydrogens is 584 g/mol. The van der Waals surface area contributed by atoms with E-state index in [2.05, 4.69) is 17.6 Å². The molecule has 0 bridgehead atoms. The molecule has 0 saturated heterocycles. The maximum absolute atomic E-state index is 13.4. The molecule has 9 atom stereocenters. The third-order valence-corrected chi connectivity index (χ3v) is 11.4. The van der Waals surface area contributed by atoms with E-state index in [1.807, 2.05) is 6.92 Å². The fraction of sp³-hybridized carbons (Fsp3) is 0.758. The van der Waals surface area contributed by atoms with Crippen LogP contribution >= 0.6 is 0 Å². The Balaban J connectivity index is 1.30. The third-order valence-electron chi connectivity index (χ3n) is 11.4. The van der Waals surface area contributed by atoms with Gasteiger partial charge in [0.2, 0.25) is 17.6 Å². The first-order chi connectivity index (χ1) is 21.1. The Morgan fingerprint density at radius 2 is 1.78 bits per heavy atom. The van der Waals surface area contributed by atoms with Gasteiger partial charge in [0.25, 0.3) is 0 Å². The fourth-order valence-electron chi connectivity index (χ4n) is 8.93. The van der Waals surface area contributed by atoms with Gasteiger partial charge in [0.05, 0.1) is 12.5 Å². The van der Waals surface area contributed by atoms with Crippen LogP contribution in [0.2, 0.25) is 0 Å². The minimum absolute atomic E-state index is 0.0119. The summed E-state index contributed by atoms with van der Waals surface area (Å²) in [5, 5.41) is 37.3. The molecule has 3 saturated carbocycles. The molecule has 4 aliphatic rings. The molecule has 4 aliphatic carbocycles. The predicted octanol–water partition coefficient (Wildman–Crippen LogP) is 1.99. The lowest BCUT2D eigenvalue weighted by Gasteiger charge is -2.60. The van der Waals surface area contributed by atoms with Crippen LogP contribution in [0, 0.1) is 28.6 Å². The Labute approximate surface area is 263 Å². The Bertz CT molecular complexity index is 1260. The highest BCUT2D eigenvalue weighted by molar-refractivity contribution is 5.93. The standard InChI is InChI=1S/C33H48N2O10/c1-5-6-23(30(42)43)35-29(41)18(2)34-26(39)9-10-27(40)45-17-25(38)33(44)14-12-22-21-8-7-19-15-20(36)11-13-31(19,3)28(21)24(37)16-32(22,33)4/h15,18,21-24,28,37,44H,5-14,16-17H2,1-4H3,(H,34,39)(H,35,41)(H,42,43)/t18-,21+,22+,23+,24+,28-,31+,32+,33+/m1/s1. The Hall–Kier alpha value is -3.12. The van der Waals surface area contributed by atoms with Crippen molar-refractivity contribution in [3.8, 4) is 0 Å². The second-order valence-corrected chi connectivity index (χ2v) is 14.0. The molecule has 0 spiro atoms. The first-order valence-electron chi connectivity index (χ1n) is 16.2. The van der Waals surface area contributed by atoms with Crippen molar-refractivity contribution in [3.05, 3.63) is 11.6 Å². The van der Waals surface area contributed by atoms with Crippen molar-refractivity contribution in [1.82, 2.24) is 10.6 Å². The summed E-state index contributed by atoms with van der Waals surface area (Å²) in [6, 6.07) is -2.10. The molecule has 0 aliphatic heterocycles. The summed E-state index contributed by atoms with van der Waals surface area (Å²) in [6.45, 7) is 6.51. The molecule has 2 amide bonds. The number of aliphatic hydroxyl groups excluding tert-OH is 1. The van der Waals surface area contributed by atoms with Gasteiger partial charge in [-0.25, -0.2) is 4.79 Å². The van der Waals surface area contributed by atoms with Crippen LogP contribution in [0.3, 0.4) is 0 Å². The number of esters is 1. The summed E-state index contributed by atoms with van der Waals surface area (Å²) >= 11 is 0. The largest absolute Gasteiger partial charge is 0.480 e. The van der Waals surface area contributed by atoms with Crippen molar-refractivity contribution in [3.63, 3.8) is 0 Å². The number of aliphatic carboxylic acids is 1. The number of rotatable bonds is 12. The minimum Gasteiger partial charge on any atom is -0.480 e. The molecule has 3 fully saturated rings. The van der Waals surface area contributed by atoms with Gasteiger partial charge in [0.1, 0.15) is 17.7 Å². The summed E-state index contributed by atoms with van der Waals surface area (Å²) in [7, 11) is 0. The van der Waals surface area contributed by atoms with Gasteiger partial charge in [-0.15, -0.1) is 0 Å². The maximum atomic E-state index is 13.4. The van der Waals surface area contributed by atoms with Gasteiger partial charge in [-0.1, -0.05) is 32.8 Å². The summed E-state index contributed by atoms with van der Waals surface area (Å²) < 4.78 is 5.17. The monoisotopic (exact) mass is 632 g/mol. The van der Waals surface area contributed by atoms with Crippen molar-refractivity contribution in [1.29, 1.82) is 0 Å². The minimum atomic E-state index is -1.78. The number of carbonyl (C=O) groups excluding carboxylic acids is 5. The normalized spacial score (nSPS) is 35.1. The molecule has 12 heteroatoms. The van der Waals surface area contributed by atoms with E-state index in [0.29, 0.717) is 25.7 Å². The van der Waals surface area contributed by atoms with E-state index in [0.717, 1.165) is 18.4 Å². The maximum Gasteiger partial charge on any atom is 0.326 e. The molecule has 0 heterocycles. The van der Waals surface area contributed by atoms with Gasteiger partial charge in [-0.3, -0.25) is 24.0 Å². The second-order valence-electron chi connectivity index (χ2n) is 14.0. The van der Waals surface area contributed by atoms with Crippen LogP contribution in [0.15, 0.2) is 11.6 Å². The van der Waals surface area contributed by atoms with Crippen LogP contribution in [0.1, 0.15) is 98.3 Å². The van der Waals surface area contributed by atoms with Gasteiger partial charge in [-0.2, -0.15) is 0 Å². The van der Waals surface area contributed by atoms with E-state index in [1.54, 1.807) is 13.0 Å². The van der Waals surface area contributed by atoms with Crippen molar-refractivity contribution in [2.45, 2.75) is 122 Å². The third kappa shape index (κ3) is 6.58. The number of nitrogens with one attached hydrogen (secondary N) is 2. The number of aliphatic hydroxyl groups is 2. The number of ether oxygens (including phenoxy) is 1. The summed E-state index contributed by atoms with van der Waals surface area (Å²) in [5.74, 6) is -3.77. The highest BCUT2D eigenvalue weighted by Crippen LogP contribution is 2.67. The van der Waals surface area contributed by atoms with E-state index in [1.165, 1.54) is 6.92 Å². The number of hydrogen-bond acceptors (Lipinski definition) is 9. The number of allylic oxidation sites excluding steroid dienone is 1. The molecule has 0 aromatic carbocycles. The van der Waals surface area contributed by atoms with E-state index in [4.69, 9.17) is 4.74 Å². The molecule has 0 radical (unpaired) electrons. The molecule has 45 heavy (non-hydrogen) atoms. The Morgan fingerprint density at radius 1 is 1.07 bits per heavy atom. The number of ketones is 2. The van der Waals surface area contributed by atoms with Crippen molar-refractivity contribution in [2.24, 2.45) is 28.6 Å². The zero-order chi connectivity index (χ0) is 33.3. The number of fused-ring (bicyclic) bond motifs is 5. The first-order valence-corrected chi connectivity index (χ1v) is 16.2. The highest BCUT2D eigenvalue weighted by Gasteiger charge is 2.68. The van der Waals surface area contributed by atoms with E-state index in [-0.39, 0.29) is 61.1 Å². The second kappa shape index (κ2) is 13.3. The van der Waals surface area contributed by atoms with Crippen LogP contribution in [-0.4, -0.2) is 81.0 Å². The summed E-state index contributed by atoms with van der Waals surface area (Å²) in [4.78, 5) is 73.9. The first kappa shape index (κ1) is 34.7. The SMILES string of the molecule is CCC[C@H](NC(=O)[C@@H](C)NC(=O)CCC(=O)OCC(=O)[C@@]1(O)CC[C@H]2[C@@H]3CCC4=CC(=O)CC[C@]4(C)[C@H]3[C@@H](O)C[C@@]21C)C(=O)O. The topological polar surface area (TPSA) is 196 Å². The molecule has 250 valence electrons. The lowest BCUT2D eigenvalue weighted by molar-refractivity contribution is -0.184. The van der Waals surface area contributed by atoms with Gasteiger partial charge in [-0.05, 0) is 81.1 Å². The van der Waals surface area contributed by atoms with Gasteiger partial charge < -0.3 is 30.7 Å². The Morgan fingerprint density at radius 3 is 2.44 bits per heavy atom. The van der Waals surface area contributed by atoms with E-state index >= 15 is 0 Å². The number of hydrogen-bond donors (Lipinski definition) is 5. The van der Waals surface area contributed by atoms with Crippen LogP contribution in [0.4, 0.5) is 0 Å². The van der Waals surface area contributed by atoms with Crippen LogP contribution in [-0.2, 0) is 33.5 Å². The molecule has 12 nitrogen and oxygen atoms in total. The molecule has 0 aromatic heterocycles. The van der Waals surface area contributed by atoms with Gasteiger partial charge in [0.15, 0.2) is 12.4 Å². The van der Waals surface area contributed by atoms with E-state index in [9.17, 15) is 44.1 Å². The molecule has 5 N–H and O–H groups in total. The van der Waals surface area contributed by atoms with Crippen molar-refractivity contribution < 1.29 is 48.8 Å². The lowest BCUT2D eigenvalue weighted by atomic mass is 9.45. The lowest BCUT2D eigenvalue weighted by Crippen LogP contribution is -2.62. The zero-order valence-electron chi connectivity index (χ0n) is 26.7. The smallest absolute Gasteiger partial charge is 0.326 e. The van der Waals surface area contributed by atoms with Crippen molar-refractivity contribution in [2.75, 3.05) is 6.61 Å². The predicted molar refractivity (Wildman–Crippen MR) is 160 cm³/mol. The molecule has 4 rings (SSSR count). The molecule has 0 aromatic rings. The number of Topliss-reactive ketones (excluding diaryl/α,β-unsaturated/α-hetero) is 1. The van der Waals surface area contributed by atoms with Gasteiger partial charge >= 0.3 is 11.9 Å². The van der Waals surface area contributed by atoms with Gasteiger partial charge in [0, 0.05) is 18.3 Å². The van der Waals surface area contributed by atoms with Crippen molar-refractivity contribution >= 4 is 35.3 Å². The fourth-order valence-corrected chi connectivity index (χ4v) is 8.93. The number of carboxylic acids is 1. The number of carboxylic acid groups (broad SMARTS) is 1. The molecule has 0 unspecified atom stereocenters. The number of carbonyl (C=O) groups is 6. The summed E-state index contributed by atoms with van der Waals surface area (Å²) in [6.07, 6.45) is 4.80. The Kier molecular flexibility index (Phi) is 10.3. The van der Waals surface area contributed by atoms with E-state index < -0.39 is 65.3 Å².